The van der Waals surface area contributed by atoms with Crippen LogP contribution >= 0.6 is 0 Å². The Morgan fingerprint density at radius 3 is 0.815 bits per heavy atom. The number of rotatable bonds is 5. The number of benzene rings is 19. The van der Waals surface area contributed by atoms with E-state index < -0.39 is 0 Å². The van der Waals surface area contributed by atoms with Gasteiger partial charge in [-0.05, 0) is 299 Å². The minimum Gasteiger partial charge on any atom is -0.0842 e. The Balaban J connectivity index is 0.000000107. The third-order valence-electron chi connectivity index (χ3n) is 25.0. The second-order valence-corrected chi connectivity index (χ2v) is 33.4. The van der Waals surface area contributed by atoms with E-state index in [1.165, 1.54) is 254 Å². The van der Waals surface area contributed by atoms with Crippen LogP contribution in [0.5, 0.6) is 0 Å². The molecule has 0 heteroatoms. The fraction of sp³-hybridized carbons (Fsp3) is 0.194. The molecule has 0 atom stereocenters. The van der Waals surface area contributed by atoms with Crippen LogP contribution in [-0.2, 0) is 70.6 Å². The van der Waals surface area contributed by atoms with Crippen molar-refractivity contribution in [1.82, 2.24) is 0 Å². The molecule has 0 heterocycles. The molecule has 19 aromatic rings. The quantitative estimate of drug-likeness (QED) is 0.151. The van der Waals surface area contributed by atoms with Crippen molar-refractivity contribution in [3.05, 3.63) is 485 Å². The minimum atomic E-state index is 1.11. The van der Waals surface area contributed by atoms with Crippen molar-refractivity contribution >= 4 is 92.3 Å². The minimum absolute atomic E-state index is 1.11. The maximum Gasteiger partial charge on any atom is -0.0105 e. The summed E-state index contributed by atoms with van der Waals surface area (Å²) in [6, 6.07) is 146. The molecule has 124 heavy (non-hydrogen) atoms. The van der Waals surface area contributed by atoms with Crippen molar-refractivity contribution in [2.75, 3.05) is 0 Å². The molecule has 24 rings (SSSR count). The largest absolute Gasteiger partial charge is 0.0842 e. The Labute approximate surface area is 738 Å². The molecule has 0 amide bonds. The van der Waals surface area contributed by atoms with E-state index >= 15 is 0 Å². The molecule has 0 bridgehead atoms. The van der Waals surface area contributed by atoms with E-state index in [4.69, 9.17) is 0 Å². The van der Waals surface area contributed by atoms with E-state index in [0.29, 0.717) is 0 Å². The van der Waals surface area contributed by atoms with Gasteiger partial charge in [-0.3, -0.25) is 0 Å². The molecule has 0 aliphatic heterocycles. The molecule has 0 aromatic heterocycles. The molecule has 0 fully saturated rings. The van der Waals surface area contributed by atoms with Gasteiger partial charge in [-0.1, -0.05) is 445 Å². The SMILES string of the molecule is CC/C=C/c1ccccc1.CCCCc1ccccc1.c1cc2c(c3c1CCCC3)CCCC2.c1ccc2c(c1)CCCC2.c1ccc2c(c1)CCc1ccccc1-2.c1ccc2c(c1)ccc1ccccc12.c1ccc2c(c1)ccc1ccccc12.c1ccc2c(c1)ccc1ccccc12.c1ccc2c3c(ccc2c1)CCCC3.c1ccc2ccccc2c1. The number of aryl methyl sites for hydroxylation is 9. The Bertz CT molecular complexity index is 6000. The number of fused-ring (bicyclic) bond motifs is 20. The topological polar surface area (TPSA) is 0 Å². The Morgan fingerprint density at radius 2 is 0.452 bits per heavy atom. The van der Waals surface area contributed by atoms with E-state index in [1.54, 1.807) is 44.5 Å². The smallest absolute Gasteiger partial charge is 0.0105 e. The van der Waals surface area contributed by atoms with Crippen molar-refractivity contribution in [3.8, 4) is 11.1 Å². The molecule has 0 unspecified atom stereocenters. The molecule has 5 aliphatic carbocycles. The lowest BCUT2D eigenvalue weighted by atomic mass is 9.81. The van der Waals surface area contributed by atoms with E-state index in [1.807, 2.05) is 6.07 Å². The van der Waals surface area contributed by atoms with Crippen LogP contribution in [0.3, 0.4) is 0 Å². The first-order valence-corrected chi connectivity index (χ1v) is 46.1. The molecule has 0 saturated heterocycles. The summed E-state index contributed by atoms with van der Waals surface area (Å²) in [5, 5.41) is 21.4. The van der Waals surface area contributed by atoms with Crippen molar-refractivity contribution in [3.63, 3.8) is 0 Å². The highest BCUT2D eigenvalue weighted by molar-refractivity contribution is 6.09. The van der Waals surface area contributed by atoms with Crippen molar-refractivity contribution < 1.29 is 0 Å². The second-order valence-electron chi connectivity index (χ2n) is 33.4. The van der Waals surface area contributed by atoms with Crippen LogP contribution in [0.4, 0.5) is 0 Å². The van der Waals surface area contributed by atoms with Crippen LogP contribution < -0.4 is 0 Å². The van der Waals surface area contributed by atoms with Gasteiger partial charge in [-0.15, -0.1) is 0 Å². The summed E-state index contributed by atoms with van der Waals surface area (Å²) < 4.78 is 0. The first kappa shape index (κ1) is 86.0. The Kier molecular flexibility index (Phi) is 31.7. The van der Waals surface area contributed by atoms with Crippen LogP contribution in [0.15, 0.2) is 419 Å². The third kappa shape index (κ3) is 23.4. The summed E-state index contributed by atoms with van der Waals surface area (Å²) in [6.07, 6.45) is 33.3. The molecule has 19 aromatic carbocycles. The maximum atomic E-state index is 2.40. The molecule has 5 aliphatic rings. The summed E-state index contributed by atoms with van der Waals surface area (Å²) >= 11 is 0. The van der Waals surface area contributed by atoms with Gasteiger partial charge in [0.2, 0.25) is 0 Å². The standard InChI is InChI=1S/C14H18.C14H14.C14H12.3C14H10.C10H12.C10H8.C10H14.C10H12/c6*1-3-7-13-11(5-1)9-10-12-6-2-4-8-14(12)13;2*1-2-6-10-8-4-3-7-9(10)5-1;2*1-2-3-7-10-8-5-4-6-9-10/h9-10H,1-8H2;1,3,5,7,9-10H,2,4,6,8H2;1-8H,9-10H2;3*1-10H;1-2,5-6H,3-4,7-8H2;1-8H;4-6,8-9H,2-3,7H2,1H3;3-9H,2H2,1H3/b;;;;;;;;;7-3+. The van der Waals surface area contributed by atoms with Crippen molar-refractivity contribution in [2.24, 2.45) is 0 Å². The fourth-order valence-electron chi connectivity index (χ4n) is 18.4. The number of hydrogen-bond acceptors (Lipinski definition) is 0. The lowest BCUT2D eigenvalue weighted by molar-refractivity contribution is 0.640. The molecule has 0 spiro atoms. The van der Waals surface area contributed by atoms with Gasteiger partial charge in [-0.25, -0.2) is 0 Å². The van der Waals surface area contributed by atoms with Gasteiger partial charge in [-0.2, -0.15) is 0 Å². The van der Waals surface area contributed by atoms with E-state index in [2.05, 4.69) is 432 Å². The first-order valence-electron chi connectivity index (χ1n) is 46.1. The first-order chi connectivity index (χ1) is 61.5. The van der Waals surface area contributed by atoms with Gasteiger partial charge in [0.25, 0.3) is 0 Å². The summed E-state index contributed by atoms with van der Waals surface area (Å²) in [5.41, 5.74) is 21.7. The lowest BCUT2D eigenvalue weighted by Gasteiger charge is -2.25. The van der Waals surface area contributed by atoms with Gasteiger partial charge in [0.1, 0.15) is 0 Å². The predicted molar refractivity (Wildman–Crippen MR) is 542 cm³/mol. The third-order valence-corrected chi connectivity index (χ3v) is 25.0. The number of unbranched alkanes of at least 4 members (excludes halogenated alkanes) is 1. The summed E-state index contributed by atoms with van der Waals surface area (Å²) in [5.74, 6) is 0. The zero-order chi connectivity index (χ0) is 84.4. The average molecular weight is 1610 g/mol. The zero-order valence-corrected chi connectivity index (χ0v) is 73.0. The van der Waals surface area contributed by atoms with E-state index in [-0.39, 0.29) is 0 Å². The highest BCUT2D eigenvalue weighted by atomic mass is 14.2. The molecule has 0 nitrogen and oxygen atoms in total. The molecular weight excluding hydrogens is 1490 g/mol. The van der Waals surface area contributed by atoms with Crippen LogP contribution in [0.2, 0.25) is 0 Å². The number of allylic oxidation sites excluding steroid dienone is 1. The average Bonchev–Trinajstić information content (AvgIpc) is 0.821. The fourth-order valence-corrected chi connectivity index (χ4v) is 18.4. The number of hydrogen-bond donors (Lipinski definition) is 0. The Hall–Kier alpha value is -13.0. The van der Waals surface area contributed by atoms with Crippen LogP contribution in [-0.4, -0.2) is 0 Å². The molecule has 0 N–H and O–H groups in total. The highest BCUT2D eigenvalue weighted by Crippen LogP contribution is 2.36. The molecule has 0 saturated carbocycles. The second kappa shape index (κ2) is 45.8. The summed E-state index contributed by atoms with van der Waals surface area (Å²) in [7, 11) is 0. The van der Waals surface area contributed by atoms with E-state index in [0.717, 1.165) is 6.42 Å². The van der Waals surface area contributed by atoms with Crippen molar-refractivity contribution in [1.29, 1.82) is 0 Å². The molecular formula is C124H120. The highest BCUT2D eigenvalue weighted by Gasteiger charge is 2.19. The van der Waals surface area contributed by atoms with Crippen molar-refractivity contribution in [2.45, 2.75) is 155 Å². The molecule has 616 valence electrons. The van der Waals surface area contributed by atoms with E-state index in [9.17, 15) is 0 Å². The van der Waals surface area contributed by atoms with Gasteiger partial charge in [0.05, 0.1) is 0 Å². The Morgan fingerprint density at radius 1 is 0.194 bits per heavy atom. The zero-order valence-electron chi connectivity index (χ0n) is 73.0. The summed E-state index contributed by atoms with van der Waals surface area (Å²) in [6.45, 7) is 4.36. The van der Waals surface area contributed by atoms with Gasteiger partial charge >= 0.3 is 0 Å². The van der Waals surface area contributed by atoms with Gasteiger partial charge < -0.3 is 0 Å². The van der Waals surface area contributed by atoms with Gasteiger partial charge in [0.15, 0.2) is 0 Å². The van der Waals surface area contributed by atoms with Crippen LogP contribution in [0.1, 0.15) is 151 Å². The van der Waals surface area contributed by atoms with Gasteiger partial charge in [0, 0.05) is 0 Å². The molecule has 0 radical (unpaired) electrons. The summed E-state index contributed by atoms with van der Waals surface area (Å²) in [4.78, 5) is 0. The van der Waals surface area contributed by atoms with Crippen LogP contribution in [0.25, 0.3) is 103 Å². The van der Waals surface area contributed by atoms with Crippen LogP contribution in [0, 0.1) is 0 Å². The monoisotopic (exact) mass is 1610 g/mol. The maximum absolute atomic E-state index is 2.40. The normalized spacial score (nSPS) is 12.9. The predicted octanol–water partition coefficient (Wildman–Crippen LogP) is 34.1. The lowest BCUT2D eigenvalue weighted by Crippen LogP contribution is -2.12.